The Morgan fingerprint density at radius 3 is 2.83 bits per heavy atom. The molecule has 1 fully saturated rings. The van der Waals surface area contributed by atoms with Crippen LogP contribution in [0.5, 0.6) is 5.75 Å². The van der Waals surface area contributed by atoms with Crippen molar-refractivity contribution >= 4 is 11.7 Å². The number of nitrogens with zero attached hydrogens (tertiary/aromatic N) is 2. The van der Waals surface area contributed by atoms with Crippen LogP contribution < -0.4 is 15.0 Å². The molecule has 1 aliphatic carbocycles. The number of aliphatic hydroxyl groups is 1. The van der Waals surface area contributed by atoms with Gasteiger partial charge in [-0.05, 0) is 50.7 Å². The molecule has 0 spiro atoms. The fourth-order valence-corrected chi connectivity index (χ4v) is 3.09. The Labute approximate surface area is 144 Å². The maximum absolute atomic E-state index is 12.0. The second-order valence-corrected chi connectivity index (χ2v) is 6.48. The van der Waals surface area contributed by atoms with Gasteiger partial charge in [0.05, 0.1) is 13.2 Å². The zero-order valence-corrected chi connectivity index (χ0v) is 14.7. The van der Waals surface area contributed by atoms with Gasteiger partial charge in [0.15, 0.2) is 11.6 Å². The molecule has 0 unspecified atom stereocenters. The largest absolute Gasteiger partial charge is 0.493 e. The summed E-state index contributed by atoms with van der Waals surface area (Å²) in [4.78, 5) is 18.4. The molecule has 0 radical (unpaired) electrons. The highest BCUT2D eigenvalue weighted by molar-refractivity contribution is 5.76. The number of hydrogen-bond donors (Lipinski definition) is 2. The first-order valence-corrected chi connectivity index (χ1v) is 8.77. The summed E-state index contributed by atoms with van der Waals surface area (Å²) in [7, 11) is 3.63. The Balaban J connectivity index is 1.64. The zero-order valence-electron chi connectivity index (χ0n) is 14.7. The molecule has 1 aromatic rings. The quantitative estimate of drug-likeness (QED) is 0.712. The van der Waals surface area contributed by atoms with Crippen molar-refractivity contribution < 1.29 is 14.6 Å². The van der Waals surface area contributed by atoms with Crippen molar-refractivity contribution in [3.63, 3.8) is 0 Å². The molecule has 6 nitrogen and oxygen atoms in total. The van der Waals surface area contributed by atoms with Gasteiger partial charge in [-0.1, -0.05) is 0 Å². The topological polar surface area (TPSA) is 74.7 Å². The molecule has 0 bridgehead atoms. The van der Waals surface area contributed by atoms with Crippen LogP contribution in [0.1, 0.15) is 44.9 Å². The minimum absolute atomic E-state index is 0.120. The van der Waals surface area contributed by atoms with Crippen molar-refractivity contribution in [3.8, 4) is 5.75 Å². The van der Waals surface area contributed by atoms with E-state index in [-0.39, 0.29) is 18.1 Å². The molecule has 1 heterocycles. The second-order valence-electron chi connectivity index (χ2n) is 6.48. The monoisotopic (exact) mass is 335 g/mol. The van der Waals surface area contributed by atoms with Gasteiger partial charge >= 0.3 is 0 Å². The third-order valence-electron chi connectivity index (χ3n) is 4.54. The SMILES string of the molecule is COc1cccnc1N(C)CCCCC(=O)NC1CCC(O)CC1. The Morgan fingerprint density at radius 1 is 1.38 bits per heavy atom. The number of pyridine rings is 1. The molecular formula is C18H29N3O3. The average Bonchev–Trinajstić information content (AvgIpc) is 2.60. The standard InChI is InChI=1S/C18H29N3O3/c1-21(18-16(24-2)6-5-12-19-18)13-4-3-7-17(23)20-14-8-10-15(22)11-9-14/h5-6,12,14-15,22H,3-4,7-11,13H2,1-2H3,(H,20,23). The molecule has 2 rings (SSSR count). The predicted octanol–water partition coefficient (Wildman–Crippen LogP) is 2.12. The molecular weight excluding hydrogens is 306 g/mol. The third-order valence-corrected chi connectivity index (χ3v) is 4.54. The molecule has 0 saturated heterocycles. The van der Waals surface area contributed by atoms with Gasteiger partial charge in [0, 0.05) is 32.3 Å². The Kier molecular flexibility index (Phi) is 7.31. The fourth-order valence-electron chi connectivity index (χ4n) is 3.09. The summed E-state index contributed by atoms with van der Waals surface area (Å²) in [6.45, 7) is 0.830. The first-order chi connectivity index (χ1) is 11.6. The minimum atomic E-state index is -0.183. The van der Waals surface area contributed by atoms with Gasteiger partial charge in [-0.15, -0.1) is 0 Å². The number of methoxy groups -OCH3 is 1. The first kappa shape index (κ1) is 18.5. The van der Waals surface area contributed by atoms with E-state index in [4.69, 9.17) is 4.74 Å². The number of amides is 1. The van der Waals surface area contributed by atoms with E-state index in [1.807, 2.05) is 19.2 Å². The number of anilines is 1. The van der Waals surface area contributed by atoms with E-state index in [1.165, 1.54) is 0 Å². The molecule has 1 amide bonds. The van der Waals surface area contributed by atoms with E-state index >= 15 is 0 Å². The zero-order chi connectivity index (χ0) is 17.4. The Bertz CT molecular complexity index is 516. The summed E-state index contributed by atoms with van der Waals surface area (Å²) in [6.07, 6.45) is 7.24. The van der Waals surface area contributed by atoms with Gasteiger partial charge < -0.3 is 20.1 Å². The summed E-state index contributed by atoms with van der Waals surface area (Å²) < 4.78 is 5.32. The third kappa shape index (κ3) is 5.67. The van der Waals surface area contributed by atoms with Crippen LogP contribution in [0.2, 0.25) is 0 Å². The molecule has 1 saturated carbocycles. The summed E-state index contributed by atoms with van der Waals surface area (Å²) in [5.74, 6) is 1.71. The average molecular weight is 335 g/mol. The number of aliphatic hydroxyl groups excluding tert-OH is 1. The highest BCUT2D eigenvalue weighted by Gasteiger charge is 2.20. The highest BCUT2D eigenvalue weighted by Crippen LogP contribution is 2.23. The van der Waals surface area contributed by atoms with E-state index in [2.05, 4.69) is 15.2 Å². The van der Waals surface area contributed by atoms with Crippen molar-refractivity contribution in [1.82, 2.24) is 10.3 Å². The number of aromatic nitrogens is 1. The first-order valence-electron chi connectivity index (χ1n) is 8.77. The number of carbonyl (C=O) groups is 1. The van der Waals surface area contributed by atoms with Crippen LogP contribution in [-0.2, 0) is 4.79 Å². The van der Waals surface area contributed by atoms with Crippen molar-refractivity contribution in [2.24, 2.45) is 0 Å². The van der Waals surface area contributed by atoms with E-state index < -0.39 is 0 Å². The van der Waals surface area contributed by atoms with E-state index in [0.29, 0.717) is 6.42 Å². The molecule has 1 aromatic heterocycles. The fraction of sp³-hybridized carbons (Fsp3) is 0.667. The number of unbranched alkanes of at least 4 members (excludes halogenated alkanes) is 1. The summed E-state index contributed by atoms with van der Waals surface area (Å²) in [6, 6.07) is 3.99. The van der Waals surface area contributed by atoms with Crippen LogP contribution in [0.15, 0.2) is 18.3 Å². The normalized spacial score (nSPS) is 20.5. The van der Waals surface area contributed by atoms with Gasteiger partial charge in [-0.3, -0.25) is 4.79 Å². The van der Waals surface area contributed by atoms with Crippen molar-refractivity contribution in [2.45, 2.75) is 57.1 Å². The van der Waals surface area contributed by atoms with Gasteiger partial charge in [0.2, 0.25) is 5.91 Å². The van der Waals surface area contributed by atoms with Crippen LogP contribution in [0.25, 0.3) is 0 Å². The smallest absolute Gasteiger partial charge is 0.220 e. The number of carbonyl (C=O) groups excluding carboxylic acids is 1. The summed E-state index contributed by atoms with van der Waals surface area (Å²) in [5.41, 5.74) is 0. The lowest BCUT2D eigenvalue weighted by Gasteiger charge is -2.26. The molecule has 24 heavy (non-hydrogen) atoms. The van der Waals surface area contributed by atoms with E-state index in [1.54, 1.807) is 13.3 Å². The predicted molar refractivity (Wildman–Crippen MR) is 94.3 cm³/mol. The number of nitrogens with one attached hydrogen (secondary N) is 1. The maximum atomic E-state index is 12.0. The lowest BCUT2D eigenvalue weighted by molar-refractivity contribution is -0.122. The van der Waals surface area contributed by atoms with Crippen LogP contribution in [-0.4, -0.2) is 48.8 Å². The highest BCUT2D eigenvalue weighted by atomic mass is 16.5. The molecule has 0 aliphatic heterocycles. The molecule has 1 aliphatic rings. The van der Waals surface area contributed by atoms with Crippen LogP contribution >= 0.6 is 0 Å². The lowest BCUT2D eigenvalue weighted by atomic mass is 9.93. The number of ether oxygens (including phenoxy) is 1. The Hall–Kier alpha value is -1.82. The van der Waals surface area contributed by atoms with E-state index in [0.717, 1.165) is 56.6 Å². The molecule has 2 N–H and O–H groups in total. The van der Waals surface area contributed by atoms with Gasteiger partial charge in [0.25, 0.3) is 0 Å². The molecule has 6 heteroatoms. The van der Waals surface area contributed by atoms with Crippen LogP contribution in [0.4, 0.5) is 5.82 Å². The van der Waals surface area contributed by atoms with Gasteiger partial charge in [-0.25, -0.2) is 4.98 Å². The lowest BCUT2D eigenvalue weighted by Crippen LogP contribution is -2.38. The summed E-state index contributed by atoms with van der Waals surface area (Å²) >= 11 is 0. The molecule has 134 valence electrons. The molecule has 0 aromatic carbocycles. The molecule has 0 atom stereocenters. The minimum Gasteiger partial charge on any atom is -0.493 e. The maximum Gasteiger partial charge on any atom is 0.220 e. The second kappa shape index (κ2) is 9.47. The Morgan fingerprint density at radius 2 is 2.12 bits per heavy atom. The number of rotatable bonds is 8. The van der Waals surface area contributed by atoms with E-state index in [9.17, 15) is 9.90 Å². The number of hydrogen-bond acceptors (Lipinski definition) is 5. The van der Waals surface area contributed by atoms with Crippen LogP contribution in [0.3, 0.4) is 0 Å². The van der Waals surface area contributed by atoms with Gasteiger partial charge in [0.1, 0.15) is 0 Å². The van der Waals surface area contributed by atoms with Crippen molar-refractivity contribution in [1.29, 1.82) is 0 Å². The van der Waals surface area contributed by atoms with Crippen molar-refractivity contribution in [3.05, 3.63) is 18.3 Å². The van der Waals surface area contributed by atoms with Gasteiger partial charge in [-0.2, -0.15) is 0 Å². The van der Waals surface area contributed by atoms with Crippen LogP contribution in [0, 0.1) is 0 Å². The summed E-state index contributed by atoms with van der Waals surface area (Å²) in [5, 5.41) is 12.6. The van der Waals surface area contributed by atoms with Crippen molar-refractivity contribution in [2.75, 3.05) is 25.6 Å².